The van der Waals surface area contributed by atoms with Gasteiger partial charge in [-0.1, -0.05) is 17.2 Å². The molecule has 0 fully saturated rings. The lowest BCUT2D eigenvalue weighted by Gasteiger charge is -2.10. The number of aliphatic carboxylic acids is 1. The Kier molecular flexibility index (Phi) is 4.97. The van der Waals surface area contributed by atoms with Crippen LogP contribution in [0.4, 0.5) is 4.39 Å². The van der Waals surface area contributed by atoms with E-state index in [9.17, 15) is 9.18 Å². The normalized spacial score (nSPS) is 11.6. The first-order valence-corrected chi connectivity index (χ1v) is 5.15. The number of hydrogen-bond donors (Lipinski definition) is 1. The van der Waals surface area contributed by atoms with Gasteiger partial charge in [-0.3, -0.25) is 4.79 Å². The third kappa shape index (κ3) is 4.53. The number of nitrogens with zero attached hydrogens (tertiary/aromatic N) is 3. The van der Waals surface area contributed by atoms with E-state index in [0.29, 0.717) is 18.4 Å². The van der Waals surface area contributed by atoms with E-state index in [4.69, 9.17) is 10.6 Å². The first-order valence-electron chi connectivity index (χ1n) is 5.15. The largest absolute Gasteiger partial charge is 0.481 e. The molecule has 5 nitrogen and oxygen atoms in total. The molecule has 0 saturated heterocycles. The third-order valence-electron chi connectivity index (χ3n) is 2.31. The number of benzene rings is 1. The molecule has 1 atom stereocenters. The SMILES string of the molecule is [N-]=[N+]=NC(CCCC(=O)O)c1ccc(F)cc1. The summed E-state index contributed by atoms with van der Waals surface area (Å²) in [4.78, 5) is 13.1. The molecule has 6 heteroatoms. The summed E-state index contributed by atoms with van der Waals surface area (Å²) < 4.78 is 12.7. The van der Waals surface area contributed by atoms with Gasteiger partial charge in [-0.2, -0.15) is 0 Å². The molecular weight excluding hydrogens is 225 g/mol. The lowest BCUT2D eigenvalue weighted by Crippen LogP contribution is -1.99. The first-order chi connectivity index (χ1) is 8.13. The fraction of sp³-hybridized carbons (Fsp3) is 0.364. The van der Waals surface area contributed by atoms with E-state index >= 15 is 0 Å². The lowest BCUT2D eigenvalue weighted by atomic mass is 10.0. The monoisotopic (exact) mass is 237 g/mol. The number of rotatable bonds is 6. The number of hydrogen-bond acceptors (Lipinski definition) is 2. The van der Waals surface area contributed by atoms with E-state index in [0.717, 1.165) is 0 Å². The lowest BCUT2D eigenvalue weighted by molar-refractivity contribution is -0.137. The minimum atomic E-state index is -0.885. The Bertz CT molecular complexity index is 427. The van der Waals surface area contributed by atoms with Gasteiger partial charge in [-0.25, -0.2) is 4.39 Å². The molecule has 0 aliphatic rings. The van der Waals surface area contributed by atoms with Gasteiger partial charge in [0.15, 0.2) is 0 Å². The number of carboxylic acids is 1. The molecule has 17 heavy (non-hydrogen) atoms. The number of carbonyl (C=O) groups is 1. The van der Waals surface area contributed by atoms with Crippen LogP contribution in [0.15, 0.2) is 29.4 Å². The maximum atomic E-state index is 12.7. The summed E-state index contributed by atoms with van der Waals surface area (Å²) in [6.07, 6.45) is 0.872. The van der Waals surface area contributed by atoms with Gasteiger partial charge in [-0.15, -0.1) is 0 Å². The molecule has 0 saturated carbocycles. The summed E-state index contributed by atoms with van der Waals surface area (Å²) in [7, 11) is 0. The zero-order valence-corrected chi connectivity index (χ0v) is 9.08. The first kappa shape index (κ1) is 13.0. The van der Waals surface area contributed by atoms with Crippen LogP contribution in [-0.2, 0) is 4.79 Å². The molecule has 1 N–H and O–H groups in total. The van der Waals surface area contributed by atoms with Gasteiger partial charge in [0.2, 0.25) is 0 Å². The van der Waals surface area contributed by atoms with Crippen LogP contribution < -0.4 is 0 Å². The highest BCUT2D eigenvalue weighted by atomic mass is 19.1. The molecule has 1 unspecified atom stereocenters. The highest BCUT2D eigenvalue weighted by molar-refractivity contribution is 5.66. The maximum Gasteiger partial charge on any atom is 0.303 e. The van der Waals surface area contributed by atoms with Crippen LogP contribution in [0.1, 0.15) is 30.9 Å². The quantitative estimate of drug-likeness (QED) is 0.466. The molecule has 0 heterocycles. The van der Waals surface area contributed by atoms with Gasteiger partial charge < -0.3 is 5.11 Å². The van der Waals surface area contributed by atoms with Gasteiger partial charge in [0.1, 0.15) is 5.82 Å². The maximum absolute atomic E-state index is 12.7. The Morgan fingerprint density at radius 2 is 2.12 bits per heavy atom. The summed E-state index contributed by atoms with van der Waals surface area (Å²) in [5.74, 6) is -1.25. The van der Waals surface area contributed by atoms with Crippen LogP contribution >= 0.6 is 0 Å². The Balaban J connectivity index is 2.68. The van der Waals surface area contributed by atoms with Crippen molar-refractivity contribution in [2.45, 2.75) is 25.3 Å². The van der Waals surface area contributed by atoms with E-state index in [-0.39, 0.29) is 12.2 Å². The second-order valence-corrected chi connectivity index (χ2v) is 3.56. The van der Waals surface area contributed by atoms with E-state index < -0.39 is 12.0 Å². The van der Waals surface area contributed by atoms with Crippen molar-refractivity contribution < 1.29 is 14.3 Å². The molecule has 0 aliphatic carbocycles. The summed E-state index contributed by atoms with van der Waals surface area (Å²) in [5.41, 5.74) is 9.12. The number of carboxylic acid groups (broad SMARTS) is 1. The van der Waals surface area contributed by atoms with Gasteiger partial charge in [-0.05, 0) is 36.1 Å². The average Bonchev–Trinajstić information content (AvgIpc) is 2.29. The molecule has 90 valence electrons. The second-order valence-electron chi connectivity index (χ2n) is 3.56. The summed E-state index contributed by atoms with van der Waals surface area (Å²) >= 11 is 0. The molecule has 1 aromatic carbocycles. The third-order valence-corrected chi connectivity index (χ3v) is 2.31. The topological polar surface area (TPSA) is 86.1 Å². The predicted octanol–water partition coefficient (Wildman–Crippen LogP) is 3.43. The second kappa shape index (κ2) is 6.50. The van der Waals surface area contributed by atoms with Crippen molar-refractivity contribution in [3.8, 4) is 0 Å². The van der Waals surface area contributed by atoms with Crippen molar-refractivity contribution in [3.05, 3.63) is 46.1 Å². The molecular formula is C11H12FN3O2. The Morgan fingerprint density at radius 3 is 2.65 bits per heavy atom. The van der Waals surface area contributed by atoms with E-state index in [1.165, 1.54) is 24.3 Å². The molecule has 0 radical (unpaired) electrons. The van der Waals surface area contributed by atoms with Crippen molar-refractivity contribution in [2.24, 2.45) is 5.11 Å². The van der Waals surface area contributed by atoms with Crippen LogP contribution in [0.3, 0.4) is 0 Å². The molecule has 1 aromatic rings. The van der Waals surface area contributed by atoms with Crippen LogP contribution in [0, 0.1) is 5.82 Å². The van der Waals surface area contributed by atoms with Crippen molar-refractivity contribution in [3.63, 3.8) is 0 Å². The van der Waals surface area contributed by atoms with Crippen molar-refractivity contribution >= 4 is 5.97 Å². The number of halogens is 1. The van der Waals surface area contributed by atoms with E-state index in [2.05, 4.69) is 10.0 Å². The highest BCUT2D eigenvalue weighted by Crippen LogP contribution is 2.24. The summed E-state index contributed by atoms with van der Waals surface area (Å²) in [6.45, 7) is 0. The fourth-order valence-electron chi connectivity index (χ4n) is 1.48. The Hall–Kier alpha value is -2.07. The Morgan fingerprint density at radius 1 is 1.47 bits per heavy atom. The van der Waals surface area contributed by atoms with Gasteiger partial charge >= 0.3 is 5.97 Å². The molecule has 1 rings (SSSR count). The van der Waals surface area contributed by atoms with Crippen molar-refractivity contribution in [2.75, 3.05) is 0 Å². The minimum absolute atomic E-state index is 0.0264. The smallest absolute Gasteiger partial charge is 0.303 e. The average molecular weight is 237 g/mol. The van der Waals surface area contributed by atoms with Crippen LogP contribution in [0.5, 0.6) is 0 Å². The predicted molar refractivity (Wildman–Crippen MR) is 59.8 cm³/mol. The Labute approximate surface area is 97.5 Å². The molecule has 0 spiro atoms. The van der Waals surface area contributed by atoms with Crippen LogP contribution in [-0.4, -0.2) is 11.1 Å². The van der Waals surface area contributed by atoms with Crippen molar-refractivity contribution in [1.82, 2.24) is 0 Å². The van der Waals surface area contributed by atoms with E-state index in [1.807, 2.05) is 0 Å². The standard InChI is InChI=1S/C11H12FN3O2/c12-9-6-4-8(5-7-9)10(14-15-13)2-1-3-11(16)17/h4-7,10H,1-3H2,(H,16,17). The van der Waals surface area contributed by atoms with Gasteiger partial charge in [0.25, 0.3) is 0 Å². The van der Waals surface area contributed by atoms with Crippen LogP contribution in [0.2, 0.25) is 0 Å². The number of azide groups is 1. The van der Waals surface area contributed by atoms with Gasteiger partial charge in [0, 0.05) is 11.3 Å². The zero-order chi connectivity index (χ0) is 12.7. The van der Waals surface area contributed by atoms with Gasteiger partial charge in [0.05, 0.1) is 6.04 Å². The minimum Gasteiger partial charge on any atom is -0.481 e. The molecule has 0 aliphatic heterocycles. The summed E-state index contributed by atoms with van der Waals surface area (Å²) in [6, 6.07) is 5.20. The molecule has 0 amide bonds. The van der Waals surface area contributed by atoms with Crippen LogP contribution in [0.25, 0.3) is 10.4 Å². The molecule has 0 bridgehead atoms. The molecule has 0 aromatic heterocycles. The summed E-state index contributed by atoms with van der Waals surface area (Å²) in [5, 5.41) is 12.1. The van der Waals surface area contributed by atoms with Crippen molar-refractivity contribution in [1.29, 1.82) is 0 Å². The zero-order valence-electron chi connectivity index (χ0n) is 9.08. The fourth-order valence-corrected chi connectivity index (χ4v) is 1.48. The highest BCUT2D eigenvalue weighted by Gasteiger charge is 2.10. The van der Waals surface area contributed by atoms with E-state index in [1.54, 1.807) is 0 Å².